The van der Waals surface area contributed by atoms with Crippen LogP contribution in [0.4, 0.5) is 0 Å². The lowest BCUT2D eigenvalue weighted by molar-refractivity contribution is 1.52. The van der Waals surface area contributed by atoms with E-state index in [-0.39, 0.29) is 0 Å². The molecule has 1 radical (unpaired) electrons. The lowest BCUT2D eigenvalue weighted by Gasteiger charge is -1.95. The van der Waals surface area contributed by atoms with Crippen LogP contribution in [0, 0.1) is 13.2 Å². The van der Waals surface area contributed by atoms with Crippen molar-refractivity contribution in [3.05, 3.63) is 29.8 Å². The summed E-state index contributed by atoms with van der Waals surface area (Å²) in [5, 5.41) is 0. The van der Waals surface area contributed by atoms with Gasteiger partial charge in [0.1, 0.15) is 0 Å². The van der Waals surface area contributed by atoms with Crippen LogP contribution >= 0.6 is 61.1 Å². The number of hydrogen-bond donors (Lipinski definition) is 0. The van der Waals surface area contributed by atoms with Gasteiger partial charge in [-0.25, -0.2) is 0 Å². The van der Waals surface area contributed by atoms with Crippen LogP contribution < -0.4 is 0 Å². The Bertz CT molecular complexity index is 202. The zero-order chi connectivity index (χ0) is 6.85. The Kier molecular flexibility index (Phi) is 3.23. The molecule has 0 nitrogen and oxygen atoms in total. The Balaban J connectivity index is 3.25. The molecule has 3 heteroatoms. The number of rotatable bonds is 0. The van der Waals surface area contributed by atoms with Gasteiger partial charge in [0.25, 0.3) is 0 Å². The average molecular weight is 408 g/mol. The Morgan fingerprint density at radius 1 is 1.33 bits per heavy atom. The molecule has 9 heavy (non-hydrogen) atoms. The van der Waals surface area contributed by atoms with E-state index in [1.54, 1.807) is 0 Å². The summed E-state index contributed by atoms with van der Waals surface area (Å²) >= 11 is 7.98. The van der Waals surface area contributed by atoms with Crippen LogP contribution in [0.2, 0.25) is 0 Å². The third-order valence-electron chi connectivity index (χ3n) is 0.839. The van der Waals surface area contributed by atoms with E-state index in [1.807, 2.05) is 12.1 Å². The molecule has 1 rings (SSSR count). The molecule has 47 valence electrons. The van der Waals surface area contributed by atoms with Crippen LogP contribution in [0.15, 0.2) is 16.6 Å². The molecule has 0 heterocycles. The van der Waals surface area contributed by atoms with Gasteiger partial charge in [0, 0.05) is 11.6 Å². The van der Waals surface area contributed by atoms with Crippen molar-refractivity contribution in [3.63, 3.8) is 0 Å². The molecular weight excluding hydrogens is 406 g/mol. The summed E-state index contributed by atoms with van der Waals surface area (Å²) in [5.74, 6) is 0. The van der Waals surface area contributed by atoms with Gasteiger partial charge in [-0.05, 0) is 79.3 Å². The molecule has 0 bridgehead atoms. The quantitative estimate of drug-likeness (QED) is 0.456. The zero-order valence-corrected chi connectivity index (χ0v) is 10.2. The molecule has 1 aromatic rings. The molecule has 0 aliphatic carbocycles. The van der Waals surface area contributed by atoms with Crippen molar-refractivity contribution < 1.29 is 0 Å². The highest BCUT2D eigenvalue weighted by atomic mass is 127. The van der Waals surface area contributed by atoms with E-state index in [0.717, 1.165) is 4.47 Å². The first kappa shape index (κ1) is 8.26. The summed E-state index contributed by atoms with van der Waals surface area (Å²) in [4.78, 5) is 0. The van der Waals surface area contributed by atoms with Crippen LogP contribution in [0.3, 0.4) is 0 Å². The molecule has 0 aromatic heterocycles. The highest BCUT2D eigenvalue weighted by Gasteiger charge is 1.97. The molecule has 0 unspecified atom stereocenters. The first-order chi connectivity index (χ1) is 4.22. The molecular formula is C6H2BrI2. The molecule has 0 aliphatic heterocycles. The van der Waals surface area contributed by atoms with Crippen molar-refractivity contribution in [1.29, 1.82) is 0 Å². The van der Waals surface area contributed by atoms with Crippen molar-refractivity contribution in [2.45, 2.75) is 0 Å². The largest absolute Gasteiger partial charge is 0.0496 e. The molecule has 0 saturated carbocycles. The van der Waals surface area contributed by atoms with Gasteiger partial charge in [0.15, 0.2) is 0 Å². The number of hydrogen-bond acceptors (Lipinski definition) is 0. The Morgan fingerprint density at radius 3 is 2.44 bits per heavy atom. The topological polar surface area (TPSA) is 0 Å². The minimum Gasteiger partial charge on any atom is -0.0496 e. The molecule has 0 atom stereocenters. The maximum Gasteiger partial charge on any atom is 0.0406 e. The van der Waals surface area contributed by atoms with Gasteiger partial charge in [0.2, 0.25) is 0 Å². The molecule has 1 aromatic carbocycles. The van der Waals surface area contributed by atoms with Crippen molar-refractivity contribution in [1.82, 2.24) is 0 Å². The van der Waals surface area contributed by atoms with E-state index in [9.17, 15) is 0 Å². The van der Waals surface area contributed by atoms with E-state index in [0.29, 0.717) is 0 Å². The van der Waals surface area contributed by atoms with Crippen molar-refractivity contribution in [2.24, 2.45) is 0 Å². The Hall–Kier alpha value is 1.16. The summed E-state index contributed by atoms with van der Waals surface area (Å²) < 4.78 is 3.62. The van der Waals surface area contributed by atoms with Gasteiger partial charge in [-0.1, -0.05) is 0 Å². The van der Waals surface area contributed by atoms with Crippen molar-refractivity contribution in [3.8, 4) is 0 Å². The minimum absolute atomic E-state index is 1.12. The van der Waals surface area contributed by atoms with E-state index >= 15 is 0 Å². The van der Waals surface area contributed by atoms with Gasteiger partial charge in [-0.2, -0.15) is 0 Å². The second kappa shape index (κ2) is 3.52. The van der Waals surface area contributed by atoms with Crippen molar-refractivity contribution in [2.75, 3.05) is 0 Å². The standard InChI is InChI=1S/C6H2BrI2/c7-4-2-1-3-5(8)6(4)9/h2-3H. The summed E-state index contributed by atoms with van der Waals surface area (Å²) in [6.45, 7) is 0. The maximum absolute atomic E-state index is 3.40. The first-order valence-electron chi connectivity index (χ1n) is 2.22. The smallest absolute Gasteiger partial charge is 0.0406 e. The van der Waals surface area contributed by atoms with E-state index in [2.05, 4.69) is 67.2 Å². The highest BCUT2D eigenvalue weighted by Crippen LogP contribution is 2.22. The van der Waals surface area contributed by atoms with E-state index < -0.39 is 0 Å². The number of halogens is 3. The zero-order valence-electron chi connectivity index (χ0n) is 4.29. The van der Waals surface area contributed by atoms with Gasteiger partial charge in [-0.3, -0.25) is 0 Å². The Labute approximate surface area is 89.8 Å². The lowest BCUT2D eigenvalue weighted by Crippen LogP contribution is -1.78. The molecule has 0 aliphatic rings. The van der Waals surface area contributed by atoms with Crippen LogP contribution in [0.5, 0.6) is 0 Å². The predicted octanol–water partition coefficient (Wildman–Crippen LogP) is 3.46. The normalized spacial score (nSPS) is 9.67. The fourth-order valence-electron chi connectivity index (χ4n) is 0.429. The maximum atomic E-state index is 3.40. The first-order valence-corrected chi connectivity index (χ1v) is 5.17. The summed E-state index contributed by atoms with van der Waals surface area (Å²) in [5.41, 5.74) is 0. The SMILES string of the molecule is Brc1c[c]cc(I)c1I. The summed E-state index contributed by atoms with van der Waals surface area (Å²) in [6.07, 6.45) is 0. The van der Waals surface area contributed by atoms with E-state index in [1.165, 1.54) is 7.14 Å². The highest BCUT2D eigenvalue weighted by molar-refractivity contribution is 14.1. The molecule has 0 saturated heterocycles. The fourth-order valence-corrected chi connectivity index (χ4v) is 1.93. The molecule has 0 N–H and O–H groups in total. The Morgan fingerprint density at radius 2 is 2.00 bits per heavy atom. The minimum atomic E-state index is 1.12. The summed E-state index contributed by atoms with van der Waals surface area (Å²) in [7, 11) is 0. The third-order valence-corrected chi connectivity index (χ3v) is 5.25. The van der Waals surface area contributed by atoms with Gasteiger partial charge >= 0.3 is 0 Å². The predicted molar refractivity (Wildman–Crippen MR) is 58.4 cm³/mol. The van der Waals surface area contributed by atoms with Gasteiger partial charge in [0.05, 0.1) is 0 Å². The van der Waals surface area contributed by atoms with Crippen LogP contribution in [0.25, 0.3) is 0 Å². The van der Waals surface area contributed by atoms with Crippen LogP contribution in [-0.2, 0) is 0 Å². The number of benzene rings is 1. The third kappa shape index (κ3) is 2.04. The lowest BCUT2D eigenvalue weighted by atomic mass is 10.4. The van der Waals surface area contributed by atoms with Crippen molar-refractivity contribution >= 4 is 61.1 Å². The van der Waals surface area contributed by atoms with E-state index in [4.69, 9.17) is 0 Å². The molecule has 0 spiro atoms. The monoisotopic (exact) mass is 407 g/mol. The second-order valence-electron chi connectivity index (χ2n) is 1.47. The van der Waals surface area contributed by atoms with Gasteiger partial charge < -0.3 is 0 Å². The average Bonchev–Trinajstić information content (AvgIpc) is 1.83. The van der Waals surface area contributed by atoms with Gasteiger partial charge in [-0.15, -0.1) is 0 Å². The van der Waals surface area contributed by atoms with Crippen LogP contribution in [-0.4, -0.2) is 0 Å². The summed E-state index contributed by atoms with van der Waals surface area (Å²) in [6, 6.07) is 6.90. The second-order valence-corrected chi connectivity index (χ2v) is 4.56. The molecule has 0 fully saturated rings. The van der Waals surface area contributed by atoms with Crippen LogP contribution in [0.1, 0.15) is 0 Å². The molecule has 0 amide bonds. The fraction of sp³-hybridized carbons (Fsp3) is 0.